The van der Waals surface area contributed by atoms with E-state index in [2.05, 4.69) is 4.99 Å². The number of sulfonamides is 1. The van der Waals surface area contributed by atoms with Crippen LogP contribution in [0, 0.1) is 5.82 Å². The van der Waals surface area contributed by atoms with E-state index in [1.54, 1.807) is 13.2 Å². The van der Waals surface area contributed by atoms with Gasteiger partial charge in [0, 0.05) is 32.3 Å². The molecule has 1 amide bonds. The van der Waals surface area contributed by atoms with Gasteiger partial charge in [0.1, 0.15) is 5.82 Å². The zero-order chi connectivity index (χ0) is 25.4. The molecular weight excluding hydrogens is 489 g/mol. The smallest absolute Gasteiger partial charge is 0.279 e. The van der Waals surface area contributed by atoms with E-state index in [1.165, 1.54) is 52.0 Å². The van der Waals surface area contributed by atoms with Crippen LogP contribution in [0.3, 0.4) is 0 Å². The highest BCUT2D eigenvalue weighted by atomic mass is 32.2. The number of unbranched alkanes of at least 4 members (excludes halogenated alkanes) is 2. The second-order valence-corrected chi connectivity index (χ2v) is 11.1. The molecule has 0 saturated carbocycles. The lowest BCUT2D eigenvalue weighted by Gasteiger charge is -2.22. The van der Waals surface area contributed by atoms with Crippen molar-refractivity contribution in [2.24, 2.45) is 4.99 Å². The van der Waals surface area contributed by atoms with E-state index >= 15 is 0 Å². The minimum absolute atomic E-state index is 0.161. The SMILES string of the molecule is CCCCN(CCCC)S(=O)(=O)c1ccc(C(=O)N=c2sc3cc(F)ccc3n2CCOC)cc1. The predicted octanol–water partition coefficient (Wildman–Crippen LogP) is 4.82. The summed E-state index contributed by atoms with van der Waals surface area (Å²) in [4.78, 5) is 17.8. The van der Waals surface area contributed by atoms with Crippen molar-refractivity contribution in [3.05, 3.63) is 58.6 Å². The number of halogens is 1. The molecule has 0 saturated heterocycles. The first-order chi connectivity index (χ1) is 16.8. The number of ether oxygens (including phenoxy) is 1. The number of fused-ring (bicyclic) bond motifs is 1. The maximum absolute atomic E-state index is 13.7. The molecule has 2 aromatic carbocycles. The topological polar surface area (TPSA) is 81.0 Å². The van der Waals surface area contributed by atoms with Gasteiger partial charge in [-0.3, -0.25) is 4.79 Å². The van der Waals surface area contributed by atoms with Crippen molar-refractivity contribution in [2.75, 3.05) is 26.8 Å². The molecule has 0 atom stereocenters. The molecule has 0 fully saturated rings. The molecule has 0 spiro atoms. The molecule has 0 aliphatic carbocycles. The fourth-order valence-corrected chi connectivity index (χ4v) is 6.22. The quantitative estimate of drug-likeness (QED) is 0.342. The molecule has 10 heteroatoms. The second kappa shape index (κ2) is 12.5. The summed E-state index contributed by atoms with van der Waals surface area (Å²) in [5.41, 5.74) is 1.04. The molecule has 0 aliphatic rings. The molecule has 3 rings (SSSR count). The Kier molecular flexibility index (Phi) is 9.73. The molecule has 3 aromatic rings. The first-order valence-corrected chi connectivity index (χ1v) is 14.0. The van der Waals surface area contributed by atoms with E-state index < -0.39 is 15.9 Å². The Morgan fingerprint density at radius 2 is 1.74 bits per heavy atom. The molecule has 35 heavy (non-hydrogen) atoms. The number of nitrogens with zero attached hydrogens (tertiary/aromatic N) is 3. The number of hydrogen-bond donors (Lipinski definition) is 0. The average molecular weight is 522 g/mol. The minimum atomic E-state index is -3.65. The van der Waals surface area contributed by atoms with Crippen LogP contribution >= 0.6 is 11.3 Å². The van der Waals surface area contributed by atoms with E-state index in [4.69, 9.17) is 4.74 Å². The summed E-state index contributed by atoms with van der Waals surface area (Å²) in [6.07, 6.45) is 3.39. The van der Waals surface area contributed by atoms with E-state index in [1.807, 2.05) is 18.4 Å². The van der Waals surface area contributed by atoms with Gasteiger partial charge in [0.25, 0.3) is 5.91 Å². The Labute approximate surface area is 209 Å². The van der Waals surface area contributed by atoms with Crippen LogP contribution in [0.4, 0.5) is 4.39 Å². The first kappa shape index (κ1) is 27.2. The van der Waals surface area contributed by atoms with Crippen LogP contribution in [0.15, 0.2) is 52.4 Å². The first-order valence-electron chi connectivity index (χ1n) is 11.8. The molecule has 0 unspecified atom stereocenters. The monoisotopic (exact) mass is 521 g/mol. The van der Waals surface area contributed by atoms with Gasteiger partial charge in [0.2, 0.25) is 10.0 Å². The lowest BCUT2D eigenvalue weighted by molar-refractivity contribution is 0.0997. The number of aromatic nitrogens is 1. The summed E-state index contributed by atoms with van der Waals surface area (Å²) < 4.78 is 49.2. The van der Waals surface area contributed by atoms with Crippen LogP contribution in [-0.4, -0.2) is 50.0 Å². The van der Waals surface area contributed by atoms with Gasteiger partial charge in [0.05, 0.1) is 21.7 Å². The number of thiazole rings is 1. The molecule has 0 bridgehead atoms. The van der Waals surface area contributed by atoms with Crippen molar-refractivity contribution in [3.8, 4) is 0 Å². The van der Waals surface area contributed by atoms with E-state index in [9.17, 15) is 17.6 Å². The highest BCUT2D eigenvalue weighted by Gasteiger charge is 2.23. The Balaban J connectivity index is 1.91. The average Bonchev–Trinajstić information content (AvgIpc) is 3.18. The van der Waals surface area contributed by atoms with Crippen LogP contribution in [0.25, 0.3) is 10.2 Å². The molecular formula is C25H32FN3O4S2. The van der Waals surface area contributed by atoms with E-state index in [0.29, 0.717) is 35.7 Å². The Morgan fingerprint density at radius 1 is 1.09 bits per heavy atom. The zero-order valence-electron chi connectivity index (χ0n) is 20.4. The van der Waals surface area contributed by atoms with Crippen LogP contribution < -0.4 is 4.80 Å². The Hall–Kier alpha value is -2.40. The fourth-order valence-electron chi connectivity index (χ4n) is 3.62. The van der Waals surface area contributed by atoms with Gasteiger partial charge in [-0.05, 0) is 55.3 Å². The predicted molar refractivity (Wildman–Crippen MR) is 137 cm³/mol. The van der Waals surface area contributed by atoms with Gasteiger partial charge >= 0.3 is 0 Å². The van der Waals surface area contributed by atoms with Gasteiger partial charge < -0.3 is 9.30 Å². The number of benzene rings is 2. The highest BCUT2D eigenvalue weighted by Crippen LogP contribution is 2.20. The number of rotatable bonds is 12. The van der Waals surface area contributed by atoms with Crippen molar-refractivity contribution in [1.29, 1.82) is 0 Å². The highest BCUT2D eigenvalue weighted by molar-refractivity contribution is 7.89. The molecule has 7 nitrogen and oxygen atoms in total. The summed E-state index contributed by atoms with van der Waals surface area (Å²) in [6.45, 7) is 5.87. The van der Waals surface area contributed by atoms with Crippen LogP contribution in [0.2, 0.25) is 0 Å². The largest absolute Gasteiger partial charge is 0.383 e. The minimum Gasteiger partial charge on any atom is -0.383 e. The van der Waals surface area contributed by atoms with Crippen molar-refractivity contribution >= 4 is 37.5 Å². The van der Waals surface area contributed by atoms with Gasteiger partial charge in [-0.25, -0.2) is 12.8 Å². The number of carbonyl (C=O) groups excluding carboxylic acids is 1. The Morgan fingerprint density at radius 3 is 2.34 bits per heavy atom. The van der Waals surface area contributed by atoms with Gasteiger partial charge in [0.15, 0.2) is 4.80 Å². The van der Waals surface area contributed by atoms with Crippen LogP contribution in [0.5, 0.6) is 0 Å². The molecule has 0 N–H and O–H groups in total. The fraction of sp³-hybridized carbons (Fsp3) is 0.440. The third-order valence-electron chi connectivity index (χ3n) is 5.62. The van der Waals surface area contributed by atoms with Crippen LogP contribution in [-0.2, 0) is 21.3 Å². The summed E-state index contributed by atoms with van der Waals surface area (Å²) in [6, 6.07) is 10.3. The molecule has 0 radical (unpaired) electrons. The lowest BCUT2D eigenvalue weighted by atomic mass is 10.2. The third-order valence-corrected chi connectivity index (χ3v) is 8.58. The van der Waals surface area contributed by atoms with E-state index in [0.717, 1.165) is 31.2 Å². The van der Waals surface area contributed by atoms with Gasteiger partial charge in [-0.2, -0.15) is 9.30 Å². The number of methoxy groups -OCH3 is 1. The third kappa shape index (κ3) is 6.63. The van der Waals surface area contributed by atoms with Crippen molar-refractivity contribution < 1.29 is 22.3 Å². The number of hydrogen-bond acceptors (Lipinski definition) is 5. The van der Waals surface area contributed by atoms with E-state index in [-0.39, 0.29) is 16.3 Å². The van der Waals surface area contributed by atoms with Crippen molar-refractivity contribution in [3.63, 3.8) is 0 Å². The number of carbonyl (C=O) groups is 1. The standard InChI is InChI=1S/C25H32FN3O4S2/c1-4-6-14-28(15-7-5-2)35(31,32)21-11-8-19(9-12-21)24(30)27-25-29(16-17-33-3)22-13-10-20(26)18-23(22)34-25/h8-13,18H,4-7,14-17H2,1-3H3. The maximum Gasteiger partial charge on any atom is 0.279 e. The summed E-state index contributed by atoms with van der Waals surface area (Å²) in [5.74, 6) is -0.861. The summed E-state index contributed by atoms with van der Waals surface area (Å²) in [5, 5.41) is 0. The lowest BCUT2D eigenvalue weighted by Crippen LogP contribution is -2.33. The van der Waals surface area contributed by atoms with Crippen molar-refractivity contribution in [1.82, 2.24) is 8.87 Å². The molecule has 0 aliphatic heterocycles. The summed E-state index contributed by atoms with van der Waals surface area (Å²) >= 11 is 1.22. The Bertz CT molecular complexity index is 1310. The van der Waals surface area contributed by atoms with Crippen LogP contribution in [0.1, 0.15) is 49.9 Å². The molecule has 1 heterocycles. The summed E-state index contributed by atoms with van der Waals surface area (Å²) in [7, 11) is -2.06. The molecule has 1 aromatic heterocycles. The normalized spacial score (nSPS) is 12.7. The van der Waals surface area contributed by atoms with Gasteiger partial charge in [-0.15, -0.1) is 0 Å². The zero-order valence-corrected chi connectivity index (χ0v) is 22.0. The maximum atomic E-state index is 13.7. The number of amides is 1. The molecule has 190 valence electrons. The van der Waals surface area contributed by atoms with Gasteiger partial charge in [-0.1, -0.05) is 38.0 Å². The van der Waals surface area contributed by atoms with Crippen molar-refractivity contribution in [2.45, 2.75) is 51.0 Å². The second-order valence-electron chi connectivity index (χ2n) is 8.19.